The Morgan fingerprint density at radius 3 is 2.56 bits per heavy atom. The Bertz CT molecular complexity index is 1210. The Kier molecular flexibility index (Phi) is 8.42. The Hall–Kier alpha value is -4.08. The molecule has 2 aromatic heterocycles. The van der Waals surface area contributed by atoms with Gasteiger partial charge in [-0.1, -0.05) is 0 Å². The number of ether oxygens (including phenoxy) is 1. The summed E-state index contributed by atoms with van der Waals surface area (Å²) >= 11 is 0. The normalized spacial score (nSPS) is 18.3. The number of hydrogen-bond donors (Lipinski definition) is 2. The Morgan fingerprint density at radius 1 is 1.15 bits per heavy atom. The van der Waals surface area contributed by atoms with Gasteiger partial charge in [0.2, 0.25) is 0 Å². The van der Waals surface area contributed by atoms with Gasteiger partial charge in [-0.25, -0.2) is 19.6 Å². The second kappa shape index (κ2) is 11.8. The van der Waals surface area contributed by atoms with E-state index < -0.39 is 5.60 Å². The number of amides is 3. The second-order valence-corrected chi connectivity index (χ2v) is 11.2. The summed E-state index contributed by atoms with van der Waals surface area (Å²) in [6, 6.07) is 2.13. The van der Waals surface area contributed by atoms with E-state index in [1.165, 1.54) is 4.90 Å². The van der Waals surface area contributed by atoms with Crippen LogP contribution in [-0.2, 0) is 4.74 Å². The first-order chi connectivity index (χ1) is 18.5. The number of rotatable bonds is 5. The third kappa shape index (κ3) is 7.28. The van der Waals surface area contributed by atoms with Crippen LogP contribution in [0.5, 0.6) is 0 Å². The van der Waals surface area contributed by atoms with Crippen LogP contribution < -0.4 is 15.5 Å². The number of nitrogens with one attached hydrogen (secondary N) is 2. The van der Waals surface area contributed by atoms with E-state index in [-0.39, 0.29) is 29.9 Å². The average Bonchev–Trinajstić information content (AvgIpc) is 3.36. The van der Waals surface area contributed by atoms with Crippen molar-refractivity contribution in [1.82, 2.24) is 34.9 Å². The van der Waals surface area contributed by atoms with Gasteiger partial charge >= 0.3 is 12.1 Å². The standard InChI is InChI=1S/C26H38N10O3/c1-26(2,3)39-25(38)34-11-8-20(9-12-34)36-17-19(14-29-36)30-23-21(13-27)28-15-22(32-23)35-10-6-7-18(16-35)31-24(37)33(4)5/h14-15,17-18,20H,6-12,16H2,1-5H3,(H,30,32)(H,31,37). The Morgan fingerprint density at radius 2 is 1.90 bits per heavy atom. The molecular weight excluding hydrogens is 500 g/mol. The van der Waals surface area contributed by atoms with Gasteiger partial charge in [-0.15, -0.1) is 0 Å². The van der Waals surface area contributed by atoms with Crippen LogP contribution in [0.1, 0.15) is 58.2 Å². The largest absolute Gasteiger partial charge is 0.444 e. The van der Waals surface area contributed by atoms with Crippen LogP contribution in [0.15, 0.2) is 18.6 Å². The zero-order valence-electron chi connectivity index (χ0n) is 23.3. The molecule has 39 heavy (non-hydrogen) atoms. The molecule has 210 valence electrons. The van der Waals surface area contributed by atoms with Gasteiger partial charge < -0.3 is 30.1 Å². The lowest BCUT2D eigenvalue weighted by molar-refractivity contribution is 0.0184. The lowest BCUT2D eigenvalue weighted by atomic mass is 10.1. The monoisotopic (exact) mass is 538 g/mol. The van der Waals surface area contributed by atoms with Crippen molar-refractivity contribution in [1.29, 1.82) is 5.26 Å². The average molecular weight is 539 g/mol. The first-order valence-electron chi connectivity index (χ1n) is 13.3. The summed E-state index contributed by atoms with van der Waals surface area (Å²) in [4.78, 5) is 38.8. The van der Waals surface area contributed by atoms with Crippen molar-refractivity contribution < 1.29 is 14.3 Å². The fourth-order valence-electron chi connectivity index (χ4n) is 4.69. The van der Waals surface area contributed by atoms with Gasteiger partial charge in [-0.3, -0.25) is 4.68 Å². The molecule has 13 nitrogen and oxygen atoms in total. The fourth-order valence-corrected chi connectivity index (χ4v) is 4.69. The quantitative estimate of drug-likeness (QED) is 0.586. The maximum absolute atomic E-state index is 12.4. The van der Waals surface area contributed by atoms with Crippen molar-refractivity contribution >= 4 is 29.4 Å². The number of carbonyl (C=O) groups excluding carboxylic acids is 2. The van der Waals surface area contributed by atoms with Crippen LogP contribution in [0.2, 0.25) is 0 Å². The molecule has 0 bridgehead atoms. The van der Waals surface area contributed by atoms with Gasteiger partial charge in [0.1, 0.15) is 17.5 Å². The van der Waals surface area contributed by atoms with Gasteiger partial charge in [0.25, 0.3) is 0 Å². The second-order valence-electron chi connectivity index (χ2n) is 11.2. The van der Waals surface area contributed by atoms with Crippen LogP contribution in [0, 0.1) is 11.3 Å². The molecule has 2 aliphatic heterocycles. The maximum Gasteiger partial charge on any atom is 0.410 e. The minimum Gasteiger partial charge on any atom is -0.444 e. The zero-order valence-corrected chi connectivity index (χ0v) is 23.3. The number of likely N-dealkylation sites (tertiary alicyclic amines) is 1. The number of piperidine rings is 2. The lowest BCUT2D eigenvalue weighted by Gasteiger charge is -2.34. The van der Waals surface area contributed by atoms with Crippen LogP contribution in [-0.4, -0.2) is 93.6 Å². The summed E-state index contributed by atoms with van der Waals surface area (Å²) in [5, 5.41) is 20.4. The SMILES string of the molecule is CN(C)C(=O)NC1CCCN(c2cnc(C#N)c(Nc3cnn(C4CCN(C(=O)OC(C)(C)C)CC4)c3)n2)C1. The topological polar surface area (TPSA) is 145 Å². The Balaban J connectivity index is 1.39. The highest BCUT2D eigenvalue weighted by Gasteiger charge is 2.28. The summed E-state index contributed by atoms with van der Waals surface area (Å²) in [7, 11) is 3.43. The molecular formula is C26H38N10O3. The molecule has 4 heterocycles. The minimum atomic E-state index is -0.517. The number of nitrogens with zero attached hydrogens (tertiary/aromatic N) is 8. The van der Waals surface area contributed by atoms with E-state index in [0.29, 0.717) is 37.0 Å². The summed E-state index contributed by atoms with van der Waals surface area (Å²) in [6.07, 6.45) is 8.22. The van der Waals surface area contributed by atoms with Crippen LogP contribution in [0.4, 0.5) is 26.9 Å². The zero-order chi connectivity index (χ0) is 28.2. The molecule has 2 aromatic rings. The molecule has 3 amide bonds. The predicted molar refractivity (Wildman–Crippen MR) is 146 cm³/mol. The van der Waals surface area contributed by atoms with E-state index in [1.807, 2.05) is 31.6 Å². The smallest absolute Gasteiger partial charge is 0.410 e. The number of urea groups is 1. The highest BCUT2D eigenvalue weighted by atomic mass is 16.6. The molecule has 0 spiro atoms. The van der Waals surface area contributed by atoms with Gasteiger partial charge in [-0.05, 0) is 46.5 Å². The summed E-state index contributed by atoms with van der Waals surface area (Å²) < 4.78 is 7.38. The van der Waals surface area contributed by atoms with E-state index in [9.17, 15) is 14.9 Å². The first-order valence-corrected chi connectivity index (χ1v) is 13.3. The van der Waals surface area contributed by atoms with Crippen molar-refractivity contribution in [2.45, 2.75) is 64.1 Å². The van der Waals surface area contributed by atoms with E-state index in [4.69, 9.17) is 9.72 Å². The van der Waals surface area contributed by atoms with Crippen molar-refractivity contribution in [2.24, 2.45) is 0 Å². The summed E-state index contributed by atoms with van der Waals surface area (Å²) in [5.41, 5.74) is 0.366. The van der Waals surface area contributed by atoms with Crippen molar-refractivity contribution in [3.05, 3.63) is 24.3 Å². The number of aromatic nitrogens is 4. The molecule has 0 saturated carbocycles. The van der Waals surface area contributed by atoms with Gasteiger partial charge in [-0.2, -0.15) is 10.4 Å². The number of anilines is 3. The number of nitriles is 1. The van der Waals surface area contributed by atoms with E-state index in [1.54, 1.807) is 31.4 Å². The third-order valence-corrected chi connectivity index (χ3v) is 6.70. The third-order valence-electron chi connectivity index (χ3n) is 6.70. The Labute approximate surface area is 229 Å². The molecule has 1 atom stereocenters. The van der Waals surface area contributed by atoms with Crippen LogP contribution >= 0.6 is 0 Å². The van der Waals surface area contributed by atoms with Crippen molar-refractivity contribution in [3.8, 4) is 6.07 Å². The molecule has 2 aliphatic rings. The van der Waals surface area contributed by atoms with Gasteiger partial charge in [0.15, 0.2) is 11.5 Å². The first kappa shape index (κ1) is 27.9. The van der Waals surface area contributed by atoms with Crippen molar-refractivity contribution in [2.75, 3.05) is 50.5 Å². The van der Waals surface area contributed by atoms with Gasteiger partial charge in [0.05, 0.1) is 24.1 Å². The molecule has 0 radical (unpaired) electrons. The molecule has 0 aliphatic carbocycles. The lowest BCUT2D eigenvalue weighted by Crippen LogP contribution is -2.50. The number of hydrogen-bond acceptors (Lipinski definition) is 9. The molecule has 0 aromatic carbocycles. The maximum atomic E-state index is 12.4. The molecule has 2 saturated heterocycles. The predicted octanol–water partition coefficient (Wildman–Crippen LogP) is 3.10. The van der Waals surface area contributed by atoms with Gasteiger partial charge in [0, 0.05) is 52.5 Å². The van der Waals surface area contributed by atoms with Crippen LogP contribution in [0.3, 0.4) is 0 Å². The highest BCUT2D eigenvalue weighted by Crippen LogP contribution is 2.27. The van der Waals surface area contributed by atoms with Crippen molar-refractivity contribution in [3.63, 3.8) is 0 Å². The summed E-state index contributed by atoms with van der Waals surface area (Å²) in [5.74, 6) is 0.996. The highest BCUT2D eigenvalue weighted by molar-refractivity contribution is 5.74. The molecule has 1 unspecified atom stereocenters. The molecule has 2 N–H and O–H groups in total. The van der Waals surface area contributed by atoms with E-state index >= 15 is 0 Å². The molecule has 13 heteroatoms. The fraction of sp³-hybridized carbons (Fsp3) is 0.615. The number of carbonyl (C=O) groups is 2. The van der Waals surface area contributed by atoms with E-state index in [0.717, 1.165) is 32.2 Å². The van der Waals surface area contributed by atoms with Crippen LogP contribution in [0.25, 0.3) is 0 Å². The van der Waals surface area contributed by atoms with E-state index in [2.05, 4.69) is 31.7 Å². The molecule has 4 rings (SSSR count). The minimum absolute atomic E-state index is 0.00229. The molecule has 2 fully saturated rings. The summed E-state index contributed by atoms with van der Waals surface area (Å²) in [6.45, 7) is 8.18.